The van der Waals surface area contributed by atoms with Gasteiger partial charge in [-0.3, -0.25) is 0 Å². The van der Waals surface area contributed by atoms with Gasteiger partial charge in [0.1, 0.15) is 0 Å². The Morgan fingerprint density at radius 2 is 1.91 bits per heavy atom. The van der Waals surface area contributed by atoms with E-state index in [4.69, 9.17) is 0 Å². The maximum Gasteiger partial charge on any atom is 1.00 e. The standard InChI is InChI=1S/C8H13P2.Li/c1-6-7(8(2,3)4)10-5-9-6;/h5H,1-4H3;/q-1;+1. The predicted octanol–water partition coefficient (Wildman–Crippen LogP) is 1.18. The molecule has 3 heteroatoms. The van der Waals surface area contributed by atoms with E-state index in [1.54, 1.807) is 10.6 Å². The van der Waals surface area contributed by atoms with Gasteiger partial charge in [0.2, 0.25) is 0 Å². The van der Waals surface area contributed by atoms with Crippen LogP contribution in [0.5, 0.6) is 0 Å². The Hall–Kier alpha value is 0.807. The molecule has 1 aromatic rings. The summed E-state index contributed by atoms with van der Waals surface area (Å²) in [6.45, 7) is 9.09. The van der Waals surface area contributed by atoms with Crippen molar-refractivity contribution >= 4 is 16.4 Å². The van der Waals surface area contributed by atoms with Crippen LogP contribution in [0.1, 0.15) is 31.4 Å². The van der Waals surface area contributed by atoms with Crippen molar-refractivity contribution in [2.45, 2.75) is 33.1 Å². The largest absolute Gasteiger partial charge is 1.00 e. The Balaban J connectivity index is 0.000001000. The zero-order valence-corrected chi connectivity index (χ0v) is 9.76. The first kappa shape index (κ1) is 11.8. The molecule has 11 heavy (non-hydrogen) atoms. The zero-order valence-electron chi connectivity index (χ0n) is 7.97. The van der Waals surface area contributed by atoms with Crippen LogP contribution in [0.25, 0.3) is 0 Å². The third kappa shape index (κ3) is 2.97. The van der Waals surface area contributed by atoms with Crippen molar-refractivity contribution in [3.8, 4) is 0 Å². The van der Waals surface area contributed by atoms with Crippen molar-refractivity contribution < 1.29 is 18.9 Å². The summed E-state index contributed by atoms with van der Waals surface area (Å²) in [7, 11) is 2.86. The van der Waals surface area contributed by atoms with E-state index in [2.05, 4.69) is 33.2 Å². The van der Waals surface area contributed by atoms with Gasteiger partial charge in [-0.2, -0.15) is 5.53 Å². The predicted molar refractivity (Wildman–Crippen MR) is 50.5 cm³/mol. The van der Waals surface area contributed by atoms with Gasteiger partial charge in [0.15, 0.2) is 0 Å². The zero-order chi connectivity index (χ0) is 7.78. The van der Waals surface area contributed by atoms with E-state index in [1.165, 1.54) is 16.4 Å². The van der Waals surface area contributed by atoms with Gasteiger partial charge >= 0.3 is 18.9 Å². The topological polar surface area (TPSA) is 0 Å². The minimum atomic E-state index is 0. The fraction of sp³-hybridized carbons (Fsp3) is 0.625. The van der Waals surface area contributed by atoms with Crippen LogP contribution in [-0.4, -0.2) is 0 Å². The Morgan fingerprint density at radius 1 is 1.36 bits per heavy atom. The molecule has 1 rings (SSSR count). The summed E-state index contributed by atoms with van der Waals surface area (Å²) >= 11 is 0. The maximum atomic E-state index is 2.32. The third-order valence-corrected chi connectivity index (χ3v) is 4.47. The third-order valence-electron chi connectivity index (χ3n) is 1.49. The molecular weight excluding hydrogens is 165 g/mol. The summed E-state index contributed by atoms with van der Waals surface area (Å²) in [6, 6.07) is 0. The second kappa shape index (κ2) is 4.16. The molecule has 56 valence electrons. The van der Waals surface area contributed by atoms with Crippen LogP contribution in [0, 0.1) is 6.92 Å². The molecule has 0 bridgehead atoms. The summed E-state index contributed by atoms with van der Waals surface area (Å²) in [5, 5.41) is 3.16. The monoisotopic (exact) mass is 178 g/mol. The van der Waals surface area contributed by atoms with Gasteiger partial charge < -0.3 is 16.4 Å². The minimum Gasteiger partial charge on any atom is -0.312 e. The molecular formula is C8H13LiP2. The average Bonchev–Trinajstić information content (AvgIpc) is 2.11. The summed E-state index contributed by atoms with van der Waals surface area (Å²) < 4.78 is 0. The fourth-order valence-electron chi connectivity index (χ4n) is 1.06. The summed E-state index contributed by atoms with van der Waals surface area (Å²) in [6.07, 6.45) is 0. The van der Waals surface area contributed by atoms with Crippen molar-refractivity contribution in [3.63, 3.8) is 0 Å². The molecule has 0 aliphatic rings. The number of rotatable bonds is 0. The molecule has 0 aliphatic heterocycles. The second-order valence-electron chi connectivity index (χ2n) is 3.56. The van der Waals surface area contributed by atoms with Crippen molar-refractivity contribution in [2.75, 3.05) is 0 Å². The summed E-state index contributed by atoms with van der Waals surface area (Å²) in [5.41, 5.74) is 2.70. The van der Waals surface area contributed by atoms with Gasteiger partial charge in [-0.05, 0) is 5.41 Å². The summed E-state index contributed by atoms with van der Waals surface area (Å²) in [4.78, 5) is 0. The van der Waals surface area contributed by atoms with E-state index < -0.39 is 0 Å². The van der Waals surface area contributed by atoms with Crippen LogP contribution < -0.4 is 18.9 Å². The summed E-state index contributed by atoms with van der Waals surface area (Å²) in [5.74, 6) is 0. The van der Waals surface area contributed by atoms with Crippen LogP contribution in [0.15, 0.2) is 5.53 Å². The average molecular weight is 178 g/mol. The number of aryl methyl sites for hydroxylation is 1. The van der Waals surface area contributed by atoms with Gasteiger partial charge in [0, 0.05) is 0 Å². The van der Waals surface area contributed by atoms with Crippen molar-refractivity contribution in [2.24, 2.45) is 0 Å². The number of hydrogen-bond donors (Lipinski definition) is 0. The second-order valence-corrected chi connectivity index (χ2v) is 6.12. The van der Waals surface area contributed by atoms with Crippen LogP contribution in [0.2, 0.25) is 0 Å². The fourth-order valence-corrected chi connectivity index (χ4v) is 3.83. The Kier molecular flexibility index (Phi) is 4.47. The van der Waals surface area contributed by atoms with Crippen LogP contribution in [0.4, 0.5) is 0 Å². The molecule has 0 saturated carbocycles. The first-order valence-corrected chi connectivity index (χ1v) is 5.39. The van der Waals surface area contributed by atoms with Gasteiger partial charge in [0.05, 0.1) is 0 Å². The van der Waals surface area contributed by atoms with Gasteiger partial charge in [-0.25, -0.2) is 0 Å². The molecule has 1 aromatic heterocycles. The van der Waals surface area contributed by atoms with Gasteiger partial charge in [0.25, 0.3) is 0 Å². The molecule has 0 unspecified atom stereocenters. The van der Waals surface area contributed by atoms with Crippen molar-refractivity contribution in [1.29, 1.82) is 0 Å². The van der Waals surface area contributed by atoms with Crippen molar-refractivity contribution in [1.82, 2.24) is 0 Å². The first-order chi connectivity index (χ1) is 4.52. The molecule has 0 amide bonds. The number of hydrogen-bond acceptors (Lipinski definition) is 0. The molecule has 1 heterocycles. The van der Waals surface area contributed by atoms with E-state index in [0.29, 0.717) is 5.41 Å². The van der Waals surface area contributed by atoms with Crippen LogP contribution in [0.3, 0.4) is 0 Å². The molecule has 0 N–H and O–H groups in total. The Morgan fingerprint density at radius 3 is 2.09 bits per heavy atom. The SMILES string of the molecule is Cc1pc[p-]c1C(C)(C)C.[Li+]. The van der Waals surface area contributed by atoms with Crippen LogP contribution >= 0.6 is 16.4 Å². The smallest absolute Gasteiger partial charge is 0.312 e. The molecule has 0 radical (unpaired) electrons. The molecule has 0 spiro atoms. The molecule has 0 fully saturated rings. The van der Waals surface area contributed by atoms with Crippen molar-refractivity contribution in [3.05, 3.63) is 16.1 Å². The van der Waals surface area contributed by atoms with E-state index in [9.17, 15) is 0 Å². The van der Waals surface area contributed by atoms with Crippen LogP contribution in [-0.2, 0) is 5.41 Å². The molecule has 0 aliphatic carbocycles. The molecule has 0 nitrogen and oxygen atoms in total. The molecule has 0 atom stereocenters. The van der Waals surface area contributed by atoms with E-state index in [1.807, 2.05) is 0 Å². The maximum absolute atomic E-state index is 2.32. The Labute approximate surface area is 84.5 Å². The van der Waals surface area contributed by atoms with Gasteiger partial charge in [-0.1, -0.05) is 27.7 Å². The molecule has 0 saturated heterocycles. The van der Waals surface area contributed by atoms with E-state index in [-0.39, 0.29) is 18.9 Å². The molecule has 0 aromatic carbocycles. The van der Waals surface area contributed by atoms with E-state index >= 15 is 0 Å². The quantitative estimate of drug-likeness (QED) is 0.523. The normalized spacial score (nSPS) is 12.4. The van der Waals surface area contributed by atoms with E-state index in [0.717, 1.165) is 0 Å². The minimum absolute atomic E-state index is 0. The van der Waals surface area contributed by atoms with Gasteiger partial charge in [-0.15, -0.1) is 10.6 Å². The first-order valence-electron chi connectivity index (χ1n) is 3.46. The Bertz CT molecular complexity index is 222.